The molecule has 0 aromatic heterocycles. The predicted octanol–water partition coefficient (Wildman–Crippen LogP) is 1.63. The van der Waals surface area contributed by atoms with E-state index in [0.29, 0.717) is 19.3 Å². The Balaban J connectivity index is 1.79. The highest BCUT2D eigenvalue weighted by Crippen LogP contribution is 2.34. The topological polar surface area (TPSA) is 50.7 Å². The van der Waals surface area contributed by atoms with Crippen LogP contribution in [-0.4, -0.2) is 31.0 Å². The normalized spacial score (nSPS) is 26.9. The molecule has 1 saturated heterocycles. The first-order valence-corrected chi connectivity index (χ1v) is 6.63. The minimum atomic E-state index is 0.209. The zero-order chi connectivity index (χ0) is 12.4. The average Bonchev–Trinajstić information content (AvgIpc) is 2.47. The van der Waals surface area contributed by atoms with E-state index < -0.39 is 0 Å². The van der Waals surface area contributed by atoms with E-state index in [1.54, 1.807) is 0 Å². The van der Waals surface area contributed by atoms with Gasteiger partial charge >= 0.3 is 0 Å². The van der Waals surface area contributed by atoms with E-state index >= 15 is 0 Å². The molecule has 18 heavy (non-hydrogen) atoms. The summed E-state index contributed by atoms with van der Waals surface area (Å²) in [6.45, 7) is 1.45. The van der Waals surface area contributed by atoms with Gasteiger partial charge in [0.15, 0.2) is 11.5 Å². The lowest BCUT2D eigenvalue weighted by Gasteiger charge is -2.31. The van der Waals surface area contributed by atoms with Crippen LogP contribution in [0, 0.1) is 0 Å². The van der Waals surface area contributed by atoms with E-state index in [1.165, 1.54) is 5.56 Å². The number of fused-ring (bicyclic) bond motifs is 1. The molecule has 4 heteroatoms. The Morgan fingerprint density at radius 3 is 2.83 bits per heavy atom. The van der Waals surface area contributed by atoms with Crippen LogP contribution < -0.4 is 14.8 Å². The van der Waals surface area contributed by atoms with Crippen molar-refractivity contribution in [3.8, 4) is 11.5 Å². The molecule has 0 radical (unpaired) electrons. The number of nitrogens with one attached hydrogen (secondary N) is 1. The van der Waals surface area contributed by atoms with Crippen molar-refractivity contribution in [1.29, 1.82) is 0 Å². The van der Waals surface area contributed by atoms with Gasteiger partial charge in [0.1, 0.15) is 13.2 Å². The molecule has 0 spiro atoms. The van der Waals surface area contributed by atoms with Crippen molar-refractivity contribution in [2.24, 2.45) is 0 Å². The number of hydrogen-bond acceptors (Lipinski definition) is 4. The van der Waals surface area contributed by atoms with Gasteiger partial charge in [-0.1, -0.05) is 6.07 Å². The summed E-state index contributed by atoms with van der Waals surface area (Å²) in [6, 6.07) is 6.66. The smallest absolute Gasteiger partial charge is 0.161 e. The quantitative estimate of drug-likeness (QED) is 0.836. The fraction of sp³-hybridized carbons (Fsp3) is 0.571. The van der Waals surface area contributed by atoms with E-state index in [1.807, 2.05) is 6.07 Å². The van der Waals surface area contributed by atoms with Gasteiger partial charge in [-0.15, -0.1) is 0 Å². The third kappa shape index (κ3) is 2.31. The van der Waals surface area contributed by atoms with Gasteiger partial charge < -0.3 is 19.9 Å². The Kier molecular flexibility index (Phi) is 3.39. The van der Waals surface area contributed by atoms with Crippen molar-refractivity contribution in [3.05, 3.63) is 23.8 Å². The van der Waals surface area contributed by atoms with Crippen LogP contribution in [0.15, 0.2) is 18.2 Å². The van der Waals surface area contributed by atoms with Gasteiger partial charge in [-0.05, 0) is 37.0 Å². The van der Waals surface area contributed by atoms with Crippen molar-refractivity contribution in [3.63, 3.8) is 0 Å². The molecular formula is C14H19NO3. The fourth-order valence-corrected chi connectivity index (χ4v) is 2.70. The molecule has 1 aromatic rings. The molecule has 4 nitrogen and oxygen atoms in total. The maximum atomic E-state index is 9.24. The van der Waals surface area contributed by atoms with Gasteiger partial charge in [-0.2, -0.15) is 0 Å². The SMILES string of the molecule is OCC1CCCC(c2ccc3c(c2)OCCO3)N1. The Bertz CT molecular complexity index is 422. The van der Waals surface area contributed by atoms with Crippen LogP contribution in [0.3, 0.4) is 0 Å². The molecule has 0 saturated carbocycles. The first kappa shape index (κ1) is 11.8. The Hall–Kier alpha value is -1.26. The number of rotatable bonds is 2. The minimum absolute atomic E-state index is 0.209. The van der Waals surface area contributed by atoms with Gasteiger partial charge in [0, 0.05) is 12.1 Å². The van der Waals surface area contributed by atoms with Crippen molar-refractivity contribution >= 4 is 0 Å². The van der Waals surface area contributed by atoms with Crippen molar-refractivity contribution < 1.29 is 14.6 Å². The van der Waals surface area contributed by atoms with Crippen LogP contribution in [0.25, 0.3) is 0 Å². The predicted molar refractivity (Wildman–Crippen MR) is 68.0 cm³/mol. The first-order valence-electron chi connectivity index (χ1n) is 6.63. The molecule has 2 N–H and O–H groups in total. The standard InChI is InChI=1S/C14H19NO3/c16-9-11-2-1-3-12(15-11)10-4-5-13-14(8-10)18-7-6-17-13/h4-5,8,11-12,15-16H,1-3,6-7,9H2. The summed E-state index contributed by atoms with van der Waals surface area (Å²) in [5.41, 5.74) is 1.22. The molecule has 98 valence electrons. The summed E-state index contributed by atoms with van der Waals surface area (Å²) in [6.07, 6.45) is 3.31. The molecule has 2 heterocycles. The van der Waals surface area contributed by atoms with Crippen LogP contribution in [-0.2, 0) is 0 Å². The third-order valence-corrected chi connectivity index (χ3v) is 3.67. The summed E-state index contributed by atoms with van der Waals surface area (Å²) >= 11 is 0. The number of hydrogen-bond donors (Lipinski definition) is 2. The number of piperidine rings is 1. The second-order valence-corrected chi connectivity index (χ2v) is 4.93. The number of aliphatic hydroxyl groups excluding tert-OH is 1. The molecule has 3 rings (SSSR count). The van der Waals surface area contributed by atoms with E-state index in [2.05, 4.69) is 17.4 Å². The van der Waals surface area contributed by atoms with Crippen LogP contribution in [0.5, 0.6) is 11.5 Å². The molecule has 2 aliphatic rings. The first-order chi connectivity index (χ1) is 8.86. The molecule has 1 aromatic carbocycles. The van der Waals surface area contributed by atoms with Gasteiger partial charge in [-0.3, -0.25) is 0 Å². The van der Waals surface area contributed by atoms with Crippen LogP contribution in [0.2, 0.25) is 0 Å². The average molecular weight is 249 g/mol. The van der Waals surface area contributed by atoms with E-state index in [-0.39, 0.29) is 12.6 Å². The highest BCUT2D eigenvalue weighted by Gasteiger charge is 2.23. The van der Waals surface area contributed by atoms with Crippen LogP contribution in [0.4, 0.5) is 0 Å². The maximum absolute atomic E-state index is 9.24. The largest absolute Gasteiger partial charge is 0.486 e. The van der Waals surface area contributed by atoms with Gasteiger partial charge in [0.25, 0.3) is 0 Å². The molecule has 2 unspecified atom stereocenters. The van der Waals surface area contributed by atoms with Gasteiger partial charge in [0.2, 0.25) is 0 Å². The van der Waals surface area contributed by atoms with E-state index in [0.717, 1.165) is 30.8 Å². The van der Waals surface area contributed by atoms with Crippen LogP contribution >= 0.6 is 0 Å². The van der Waals surface area contributed by atoms with Crippen molar-refractivity contribution in [1.82, 2.24) is 5.32 Å². The molecule has 2 atom stereocenters. The molecule has 0 bridgehead atoms. The maximum Gasteiger partial charge on any atom is 0.161 e. The summed E-state index contributed by atoms with van der Waals surface area (Å²) < 4.78 is 11.1. The molecule has 2 aliphatic heterocycles. The third-order valence-electron chi connectivity index (χ3n) is 3.67. The van der Waals surface area contributed by atoms with Crippen molar-refractivity contribution in [2.75, 3.05) is 19.8 Å². The molecule has 0 aliphatic carbocycles. The lowest BCUT2D eigenvalue weighted by Crippen LogP contribution is -2.39. The van der Waals surface area contributed by atoms with E-state index in [9.17, 15) is 5.11 Å². The minimum Gasteiger partial charge on any atom is -0.486 e. The lowest BCUT2D eigenvalue weighted by molar-refractivity contribution is 0.170. The van der Waals surface area contributed by atoms with Crippen LogP contribution in [0.1, 0.15) is 30.9 Å². The molecular weight excluding hydrogens is 230 g/mol. The van der Waals surface area contributed by atoms with E-state index in [4.69, 9.17) is 9.47 Å². The van der Waals surface area contributed by atoms with Crippen molar-refractivity contribution in [2.45, 2.75) is 31.3 Å². The summed E-state index contributed by atoms with van der Waals surface area (Å²) in [5.74, 6) is 1.67. The summed E-state index contributed by atoms with van der Waals surface area (Å²) in [4.78, 5) is 0. The summed E-state index contributed by atoms with van der Waals surface area (Å²) in [7, 11) is 0. The highest BCUT2D eigenvalue weighted by molar-refractivity contribution is 5.44. The number of benzene rings is 1. The number of ether oxygens (including phenoxy) is 2. The Morgan fingerprint density at radius 1 is 1.17 bits per heavy atom. The van der Waals surface area contributed by atoms with Gasteiger partial charge in [0.05, 0.1) is 6.61 Å². The van der Waals surface area contributed by atoms with Gasteiger partial charge in [-0.25, -0.2) is 0 Å². The zero-order valence-corrected chi connectivity index (χ0v) is 10.4. The lowest BCUT2D eigenvalue weighted by atomic mass is 9.93. The highest BCUT2D eigenvalue weighted by atomic mass is 16.6. The fourth-order valence-electron chi connectivity index (χ4n) is 2.70. The monoisotopic (exact) mass is 249 g/mol. The Morgan fingerprint density at radius 2 is 2.00 bits per heavy atom. The Labute approximate surface area is 107 Å². The number of aliphatic hydroxyl groups is 1. The second-order valence-electron chi connectivity index (χ2n) is 4.93. The molecule has 0 amide bonds. The summed E-state index contributed by atoms with van der Waals surface area (Å²) in [5, 5.41) is 12.7. The zero-order valence-electron chi connectivity index (χ0n) is 10.4. The molecule has 1 fully saturated rings. The second kappa shape index (κ2) is 5.16.